The predicted octanol–water partition coefficient (Wildman–Crippen LogP) is 4.62. The molecule has 0 atom stereocenters. The Morgan fingerprint density at radius 2 is 1.86 bits per heavy atom. The molecule has 1 N–H and O–H groups in total. The lowest BCUT2D eigenvalue weighted by Gasteiger charge is -2.32. The third kappa shape index (κ3) is 6.32. The van der Waals surface area contributed by atoms with Gasteiger partial charge in [-0.1, -0.05) is 17.7 Å². The second kappa shape index (κ2) is 12.6. The number of rotatable bonds is 8. The highest BCUT2D eigenvalue weighted by Crippen LogP contribution is 2.27. The zero-order chi connectivity index (χ0) is 29.9. The highest BCUT2D eigenvalue weighted by atomic mass is 35.5. The number of likely N-dealkylation sites (N-methyl/N-ethyl adjacent to an activating group) is 1. The number of nitrogens with one attached hydrogen (secondary N) is 1. The topological polar surface area (TPSA) is 105 Å². The van der Waals surface area contributed by atoms with E-state index in [-0.39, 0.29) is 23.9 Å². The Balaban J connectivity index is 1.42. The second-order valence-corrected chi connectivity index (χ2v) is 12.7. The number of aromatic nitrogens is 4. The zero-order valence-corrected chi connectivity index (χ0v) is 25.7. The first kappa shape index (κ1) is 29.0. The molecule has 1 aliphatic rings. The van der Waals surface area contributed by atoms with Gasteiger partial charge in [0, 0.05) is 48.7 Å². The van der Waals surface area contributed by atoms with Crippen LogP contribution in [0.2, 0.25) is 4.34 Å². The van der Waals surface area contributed by atoms with Gasteiger partial charge >= 0.3 is 0 Å². The van der Waals surface area contributed by atoms with Gasteiger partial charge < -0.3 is 15.1 Å². The second-order valence-electron chi connectivity index (χ2n) is 10.1. The quantitative estimate of drug-likeness (QED) is 0.266. The molecule has 43 heavy (non-hydrogen) atoms. The van der Waals surface area contributed by atoms with Crippen molar-refractivity contribution < 1.29 is 9.59 Å². The van der Waals surface area contributed by atoms with Crippen molar-refractivity contribution in [3.05, 3.63) is 96.7 Å². The molecule has 0 aromatic carbocycles. The predicted molar refractivity (Wildman–Crippen MR) is 170 cm³/mol. The summed E-state index contributed by atoms with van der Waals surface area (Å²) in [5.74, 6) is -0.0167. The van der Waals surface area contributed by atoms with Gasteiger partial charge in [0.2, 0.25) is 5.91 Å². The number of piperazine rings is 1. The molecule has 220 valence electrons. The van der Waals surface area contributed by atoms with Crippen LogP contribution in [0, 0.1) is 0 Å². The number of nitrogens with zero attached hydrogens (tertiary/aromatic N) is 6. The number of carbonyl (C=O) groups is 2. The molecule has 0 spiro atoms. The molecule has 0 saturated carbocycles. The maximum Gasteiger partial charge on any atom is 0.280 e. The van der Waals surface area contributed by atoms with Crippen LogP contribution in [0.1, 0.15) is 15.2 Å². The average molecular weight is 634 g/mol. The van der Waals surface area contributed by atoms with Crippen LogP contribution >= 0.6 is 34.3 Å². The fourth-order valence-electron chi connectivity index (χ4n) is 4.89. The average Bonchev–Trinajstić information content (AvgIpc) is 3.79. The van der Waals surface area contributed by atoms with E-state index in [1.165, 1.54) is 31.9 Å². The highest BCUT2D eigenvalue weighted by Gasteiger charge is 2.24. The minimum Gasteiger partial charge on any atom is -0.365 e. The number of thiophene rings is 2. The maximum absolute atomic E-state index is 14.0. The van der Waals surface area contributed by atoms with Gasteiger partial charge in [0.25, 0.3) is 11.5 Å². The first-order valence-electron chi connectivity index (χ1n) is 13.6. The lowest BCUT2D eigenvalue weighted by Crippen LogP contribution is -2.48. The SMILES string of the molecule is CN1CCN(C(=O)Cn2c(-c3cc(NCc4ccc(Cl)s4)n(C(=O)c4ccsc4)n3)ccc(-c3ccccn3)c2=O)CC1. The number of hydrogen-bond donors (Lipinski definition) is 1. The van der Waals surface area contributed by atoms with Crippen LogP contribution in [0.4, 0.5) is 5.82 Å². The van der Waals surface area contributed by atoms with Crippen LogP contribution in [0.3, 0.4) is 0 Å². The van der Waals surface area contributed by atoms with Crippen molar-refractivity contribution in [2.45, 2.75) is 13.1 Å². The summed E-state index contributed by atoms with van der Waals surface area (Å²) in [6.45, 7) is 2.96. The fraction of sp³-hybridized carbons (Fsp3) is 0.233. The largest absolute Gasteiger partial charge is 0.365 e. The van der Waals surface area contributed by atoms with Gasteiger partial charge in [-0.25, -0.2) is 0 Å². The van der Waals surface area contributed by atoms with Gasteiger partial charge in [0.15, 0.2) is 0 Å². The molecule has 6 rings (SSSR count). The van der Waals surface area contributed by atoms with E-state index in [9.17, 15) is 14.4 Å². The van der Waals surface area contributed by atoms with E-state index in [1.54, 1.807) is 52.9 Å². The molecule has 0 unspecified atom stereocenters. The van der Waals surface area contributed by atoms with Gasteiger partial charge in [-0.05, 0) is 54.9 Å². The molecule has 1 fully saturated rings. The minimum atomic E-state index is -0.361. The summed E-state index contributed by atoms with van der Waals surface area (Å²) in [6, 6.07) is 16.0. The van der Waals surface area contributed by atoms with Crippen LogP contribution in [0.15, 0.2) is 76.3 Å². The van der Waals surface area contributed by atoms with E-state index in [0.29, 0.717) is 58.0 Å². The van der Waals surface area contributed by atoms with Gasteiger partial charge in [-0.2, -0.15) is 21.1 Å². The summed E-state index contributed by atoms with van der Waals surface area (Å²) in [4.78, 5) is 50.2. The fourth-order valence-corrected chi connectivity index (χ4v) is 6.54. The molecule has 10 nitrogen and oxygen atoms in total. The standard InChI is InChI=1S/C30H28ClN7O3S2/c1-35-11-13-36(14-12-35)28(39)18-37-25(7-6-22(30(37)41)23-4-2-3-10-32-23)24-16-27(33-17-21-5-8-26(31)43-21)38(34-24)29(40)20-9-15-42-19-20/h2-10,15-16,19,33H,11-14,17-18H2,1H3. The van der Waals surface area contributed by atoms with Gasteiger partial charge in [0.1, 0.15) is 18.1 Å². The Hall–Kier alpha value is -4.10. The number of carbonyl (C=O) groups excluding carboxylic acids is 2. The Kier molecular flexibility index (Phi) is 8.52. The third-order valence-corrected chi connectivity index (χ3v) is 9.18. The van der Waals surface area contributed by atoms with Crippen LogP contribution < -0.4 is 10.9 Å². The van der Waals surface area contributed by atoms with Crippen molar-refractivity contribution in [1.29, 1.82) is 0 Å². The van der Waals surface area contributed by atoms with Gasteiger partial charge in [0.05, 0.1) is 33.4 Å². The monoisotopic (exact) mass is 633 g/mol. The summed E-state index contributed by atoms with van der Waals surface area (Å²) in [5.41, 5.74) is 1.82. The summed E-state index contributed by atoms with van der Waals surface area (Å²) in [7, 11) is 2.02. The van der Waals surface area contributed by atoms with Crippen molar-refractivity contribution in [1.82, 2.24) is 29.1 Å². The first-order valence-corrected chi connectivity index (χ1v) is 15.8. The van der Waals surface area contributed by atoms with Crippen molar-refractivity contribution in [2.75, 3.05) is 38.5 Å². The zero-order valence-electron chi connectivity index (χ0n) is 23.3. The normalized spacial score (nSPS) is 13.8. The molecular weight excluding hydrogens is 606 g/mol. The van der Waals surface area contributed by atoms with Crippen molar-refractivity contribution >= 4 is 51.9 Å². The summed E-state index contributed by atoms with van der Waals surface area (Å²) < 4.78 is 3.41. The highest BCUT2D eigenvalue weighted by molar-refractivity contribution is 7.16. The Morgan fingerprint density at radius 3 is 2.56 bits per heavy atom. The Labute approximate surface area is 260 Å². The molecule has 5 aromatic rings. The van der Waals surface area contributed by atoms with Gasteiger partial charge in [-0.15, -0.1) is 11.3 Å². The first-order chi connectivity index (χ1) is 20.9. The third-order valence-electron chi connectivity index (χ3n) is 7.27. The number of halogens is 1. The molecule has 0 aliphatic carbocycles. The maximum atomic E-state index is 14.0. The van der Waals surface area contributed by atoms with E-state index in [1.807, 2.05) is 30.6 Å². The van der Waals surface area contributed by atoms with E-state index < -0.39 is 0 Å². The van der Waals surface area contributed by atoms with Gasteiger partial charge in [-0.3, -0.25) is 23.9 Å². The summed E-state index contributed by atoms with van der Waals surface area (Å²) in [5, 5.41) is 11.6. The number of anilines is 1. The van der Waals surface area contributed by atoms with E-state index in [0.717, 1.165) is 18.0 Å². The van der Waals surface area contributed by atoms with Crippen molar-refractivity contribution in [2.24, 2.45) is 0 Å². The van der Waals surface area contributed by atoms with Crippen molar-refractivity contribution in [3.63, 3.8) is 0 Å². The summed E-state index contributed by atoms with van der Waals surface area (Å²) in [6.07, 6.45) is 1.62. The van der Waals surface area contributed by atoms with Crippen LogP contribution in [0.5, 0.6) is 0 Å². The Bertz CT molecular complexity index is 1810. The van der Waals surface area contributed by atoms with Crippen molar-refractivity contribution in [3.8, 4) is 22.6 Å². The van der Waals surface area contributed by atoms with E-state index >= 15 is 0 Å². The molecule has 0 radical (unpaired) electrons. The molecular formula is C30H28ClN7O3S2. The molecule has 6 heterocycles. The summed E-state index contributed by atoms with van der Waals surface area (Å²) >= 11 is 8.98. The molecule has 5 aromatic heterocycles. The smallest absolute Gasteiger partial charge is 0.280 e. The molecule has 1 aliphatic heterocycles. The molecule has 1 amide bonds. The number of amides is 1. The lowest BCUT2D eigenvalue weighted by atomic mass is 10.1. The van der Waals surface area contributed by atoms with E-state index in [4.69, 9.17) is 11.6 Å². The van der Waals surface area contributed by atoms with Crippen LogP contribution in [-0.4, -0.2) is 74.2 Å². The van der Waals surface area contributed by atoms with E-state index in [2.05, 4.69) is 20.3 Å². The lowest BCUT2D eigenvalue weighted by molar-refractivity contribution is -0.133. The molecule has 13 heteroatoms. The van der Waals surface area contributed by atoms with Crippen LogP contribution in [0.25, 0.3) is 22.6 Å². The Morgan fingerprint density at radius 1 is 1.02 bits per heavy atom. The number of hydrogen-bond acceptors (Lipinski definition) is 9. The molecule has 0 bridgehead atoms. The minimum absolute atomic E-state index is 0.156. The number of pyridine rings is 2. The molecule has 1 saturated heterocycles. The van der Waals surface area contributed by atoms with Crippen LogP contribution in [-0.2, 0) is 17.9 Å².